The standard InChI is InChI=1S/C40H55FO6/c1-6-7-8-9-31-12-15-34(16-13-31)35-17-19-36(20-18-35)37-21-14-32(24-38(37)41)10-11-33(25-46-39(44)27(2)22-29(4)42)26-47-40(45)28(3)23-30(5)43/h14,17-21,24,29-31,33-34,42-43H,2-3,6-13,15-16,22-23,25-26H2,1,4-5H3. The molecule has 2 N–H and O–H groups in total. The van der Waals surface area contributed by atoms with Gasteiger partial charge in [0.25, 0.3) is 0 Å². The Balaban J connectivity index is 1.59. The van der Waals surface area contributed by atoms with Crippen LogP contribution in [0.1, 0.15) is 108 Å². The second kappa shape index (κ2) is 19.5. The number of carbonyl (C=O) groups is 2. The average molecular weight is 651 g/mol. The van der Waals surface area contributed by atoms with Crippen LogP contribution in [-0.4, -0.2) is 47.6 Å². The number of aryl methyl sites for hydroxylation is 1. The topological polar surface area (TPSA) is 93.1 Å². The number of hydrogen-bond acceptors (Lipinski definition) is 6. The predicted molar refractivity (Wildman–Crippen MR) is 185 cm³/mol. The van der Waals surface area contributed by atoms with Crippen LogP contribution in [0.3, 0.4) is 0 Å². The predicted octanol–water partition coefficient (Wildman–Crippen LogP) is 8.64. The van der Waals surface area contributed by atoms with Crippen LogP contribution in [0.25, 0.3) is 11.1 Å². The van der Waals surface area contributed by atoms with Gasteiger partial charge in [-0.05, 0) is 87.0 Å². The summed E-state index contributed by atoms with van der Waals surface area (Å²) in [6, 6.07) is 13.6. The van der Waals surface area contributed by atoms with Crippen molar-refractivity contribution in [1.29, 1.82) is 0 Å². The first-order chi connectivity index (χ1) is 22.5. The molecule has 2 unspecified atom stereocenters. The average Bonchev–Trinajstić information content (AvgIpc) is 3.04. The van der Waals surface area contributed by atoms with Crippen molar-refractivity contribution >= 4 is 11.9 Å². The first-order valence-corrected chi connectivity index (χ1v) is 17.4. The molecule has 47 heavy (non-hydrogen) atoms. The van der Waals surface area contributed by atoms with Crippen molar-refractivity contribution in [1.82, 2.24) is 0 Å². The molecule has 0 heterocycles. The van der Waals surface area contributed by atoms with Gasteiger partial charge in [0.15, 0.2) is 0 Å². The minimum absolute atomic E-state index is 0.0404. The third kappa shape index (κ3) is 13.0. The maximum absolute atomic E-state index is 15.4. The van der Waals surface area contributed by atoms with E-state index in [4.69, 9.17) is 9.47 Å². The molecule has 1 aliphatic rings. The van der Waals surface area contributed by atoms with Gasteiger partial charge in [-0.15, -0.1) is 0 Å². The summed E-state index contributed by atoms with van der Waals surface area (Å²) in [5.41, 5.74) is 3.81. The molecule has 0 saturated heterocycles. The number of halogens is 1. The SMILES string of the molecule is C=C(CC(C)O)C(=O)OCC(CCc1ccc(-c2ccc(C3CCC(CCCCC)CC3)cc2)c(F)c1)COC(=O)C(=C)CC(C)O. The van der Waals surface area contributed by atoms with E-state index < -0.39 is 24.1 Å². The molecule has 6 nitrogen and oxygen atoms in total. The van der Waals surface area contributed by atoms with E-state index in [2.05, 4.69) is 32.2 Å². The van der Waals surface area contributed by atoms with E-state index in [0.717, 1.165) is 17.0 Å². The highest BCUT2D eigenvalue weighted by Crippen LogP contribution is 2.38. The summed E-state index contributed by atoms with van der Waals surface area (Å²) < 4.78 is 26.2. The van der Waals surface area contributed by atoms with Crippen molar-refractivity contribution in [2.24, 2.45) is 11.8 Å². The maximum atomic E-state index is 15.4. The molecule has 0 radical (unpaired) electrons. The fourth-order valence-electron chi connectivity index (χ4n) is 6.41. The van der Waals surface area contributed by atoms with Gasteiger partial charge in [0.1, 0.15) is 5.82 Å². The van der Waals surface area contributed by atoms with Crippen molar-refractivity contribution in [3.63, 3.8) is 0 Å². The fourth-order valence-corrected chi connectivity index (χ4v) is 6.41. The lowest BCUT2D eigenvalue weighted by Crippen LogP contribution is -2.23. The van der Waals surface area contributed by atoms with Crippen molar-refractivity contribution < 1.29 is 33.7 Å². The summed E-state index contributed by atoms with van der Waals surface area (Å²) in [6.07, 6.45) is 10.0. The van der Waals surface area contributed by atoms with Gasteiger partial charge in [0, 0.05) is 35.5 Å². The molecule has 1 saturated carbocycles. The second-order valence-electron chi connectivity index (χ2n) is 13.6. The van der Waals surface area contributed by atoms with Crippen LogP contribution < -0.4 is 0 Å². The zero-order valence-corrected chi connectivity index (χ0v) is 28.6. The second-order valence-corrected chi connectivity index (χ2v) is 13.6. The van der Waals surface area contributed by atoms with Crippen LogP contribution in [0.2, 0.25) is 0 Å². The number of carbonyl (C=O) groups excluding carboxylic acids is 2. The van der Waals surface area contributed by atoms with Crippen LogP contribution in [-0.2, 0) is 25.5 Å². The minimum Gasteiger partial charge on any atom is -0.462 e. The van der Waals surface area contributed by atoms with E-state index in [1.165, 1.54) is 63.0 Å². The molecule has 2 aromatic rings. The fraction of sp³-hybridized carbons (Fsp3) is 0.550. The molecule has 0 spiro atoms. The van der Waals surface area contributed by atoms with E-state index in [-0.39, 0.29) is 48.9 Å². The van der Waals surface area contributed by atoms with E-state index in [0.29, 0.717) is 24.3 Å². The number of benzene rings is 2. The van der Waals surface area contributed by atoms with Crippen LogP contribution in [0.4, 0.5) is 4.39 Å². The summed E-state index contributed by atoms with van der Waals surface area (Å²) in [4.78, 5) is 24.8. The molecule has 7 heteroatoms. The smallest absolute Gasteiger partial charge is 0.333 e. The minimum atomic E-state index is -0.729. The van der Waals surface area contributed by atoms with Gasteiger partial charge in [-0.2, -0.15) is 0 Å². The van der Waals surface area contributed by atoms with Crippen molar-refractivity contribution in [3.05, 3.63) is 83.7 Å². The molecule has 0 amide bonds. The van der Waals surface area contributed by atoms with Gasteiger partial charge < -0.3 is 19.7 Å². The Labute approximate surface area is 281 Å². The first-order valence-electron chi connectivity index (χ1n) is 17.4. The number of hydrogen-bond donors (Lipinski definition) is 2. The highest BCUT2D eigenvalue weighted by molar-refractivity contribution is 5.88. The van der Waals surface area contributed by atoms with Gasteiger partial charge in [-0.1, -0.05) is 82.2 Å². The van der Waals surface area contributed by atoms with Gasteiger partial charge in [0.2, 0.25) is 0 Å². The Morgan fingerprint density at radius 2 is 1.45 bits per heavy atom. The van der Waals surface area contributed by atoms with E-state index in [1.807, 2.05) is 18.2 Å². The molecular formula is C40H55FO6. The highest BCUT2D eigenvalue weighted by Gasteiger charge is 2.23. The summed E-state index contributed by atoms with van der Waals surface area (Å²) in [7, 11) is 0. The quantitative estimate of drug-likeness (QED) is 0.0898. The Morgan fingerprint density at radius 1 is 0.872 bits per heavy atom. The summed E-state index contributed by atoms with van der Waals surface area (Å²) in [5, 5.41) is 19.1. The zero-order valence-electron chi connectivity index (χ0n) is 28.6. The number of ether oxygens (including phenoxy) is 2. The number of esters is 2. The van der Waals surface area contributed by atoms with Crippen LogP contribution in [0, 0.1) is 17.7 Å². The van der Waals surface area contributed by atoms with Gasteiger partial charge in [0.05, 0.1) is 25.4 Å². The lowest BCUT2D eigenvalue weighted by molar-refractivity contribution is -0.144. The summed E-state index contributed by atoms with van der Waals surface area (Å²) in [6.45, 7) is 12.6. The molecule has 0 bridgehead atoms. The number of aliphatic hydroxyl groups excluding tert-OH is 2. The summed E-state index contributed by atoms with van der Waals surface area (Å²) >= 11 is 0. The molecule has 2 aromatic carbocycles. The summed E-state index contributed by atoms with van der Waals surface area (Å²) in [5.74, 6) is -0.483. The van der Waals surface area contributed by atoms with Gasteiger partial charge in [-0.25, -0.2) is 14.0 Å². The third-order valence-corrected chi connectivity index (χ3v) is 9.19. The molecule has 2 atom stereocenters. The normalized spacial score (nSPS) is 18.2. The molecule has 0 aromatic heterocycles. The number of aliphatic hydroxyl groups is 2. The van der Waals surface area contributed by atoms with E-state index >= 15 is 4.39 Å². The Kier molecular flexibility index (Phi) is 15.8. The lowest BCUT2D eigenvalue weighted by atomic mass is 9.77. The van der Waals surface area contributed by atoms with Crippen LogP contribution in [0.15, 0.2) is 66.8 Å². The van der Waals surface area contributed by atoms with Crippen LogP contribution >= 0.6 is 0 Å². The van der Waals surface area contributed by atoms with Crippen molar-refractivity contribution in [2.75, 3.05) is 13.2 Å². The molecule has 0 aliphatic heterocycles. The van der Waals surface area contributed by atoms with E-state index in [1.54, 1.807) is 19.9 Å². The Hall–Kier alpha value is -3.29. The number of rotatable bonds is 19. The number of unbranched alkanes of at least 4 members (excludes halogenated alkanes) is 2. The molecular weight excluding hydrogens is 595 g/mol. The largest absolute Gasteiger partial charge is 0.462 e. The highest BCUT2D eigenvalue weighted by atomic mass is 19.1. The van der Waals surface area contributed by atoms with Crippen LogP contribution in [0.5, 0.6) is 0 Å². The Morgan fingerprint density at radius 3 is 1.96 bits per heavy atom. The van der Waals surface area contributed by atoms with Crippen molar-refractivity contribution in [2.45, 2.75) is 116 Å². The lowest BCUT2D eigenvalue weighted by Gasteiger charge is -2.29. The molecule has 3 rings (SSSR count). The molecule has 1 fully saturated rings. The molecule has 258 valence electrons. The monoisotopic (exact) mass is 650 g/mol. The maximum Gasteiger partial charge on any atom is 0.333 e. The van der Waals surface area contributed by atoms with Gasteiger partial charge in [-0.3, -0.25) is 0 Å². The first kappa shape index (κ1) is 38.2. The third-order valence-electron chi connectivity index (χ3n) is 9.19. The zero-order chi connectivity index (χ0) is 34.3. The van der Waals surface area contributed by atoms with Crippen molar-refractivity contribution in [3.8, 4) is 11.1 Å². The Bertz CT molecular complexity index is 1270. The molecule has 1 aliphatic carbocycles. The van der Waals surface area contributed by atoms with E-state index in [9.17, 15) is 19.8 Å². The van der Waals surface area contributed by atoms with Gasteiger partial charge >= 0.3 is 11.9 Å².